The van der Waals surface area contributed by atoms with Crippen LogP contribution >= 0.6 is 0 Å². The summed E-state index contributed by atoms with van der Waals surface area (Å²) in [4.78, 5) is 38.8. The largest absolute Gasteiger partial charge is 0.396 e. The fourth-order valence-corrected chi connectivity index (χ4v) is 4.20. The number of hydrogen-bond donors (Lipinski definition) is 2. The van der Waals surface area contributed by atoms with E-state index in [1.807, 2.05) is 6.07 Å². The second kappa shape index (κ2) is 8.31. The average Bonchev–Trinajstić information content (AvgIpc) is 3.24. The number of hydrogen-bond acceptors (Lipinski definition) is 7. The van der Waals surface area contributed by atoms with Crippen molar-refractivity contribution in [3.63, 3.8) is 0 Å². The lowest BCUT2D eigenvalue weighted by molar-refractivity contribution is 0.101. The summed E-state index contributed by atoms with van der Waals surface area (Å²) in [5, 5.41) is 12.8. The fourth-order valence-electron chi connectivity index (χ4n) is 4.20. The summed E-state index contributed by atoms with van der Waals surface area (Å²) in [7, 11) is 0. The number of aliphatic hydroxyl groups excluding tert-OH is 1. The van der Waals surface area contributed by atoms with Crippen molar-refractivity contribution in [3.05, 3.63) is 51.6 Å². The third-order valence-corrected chi connectivity index (χ3v) is 5.72. The summed E-state index contributed by atoms with van der Waals surface area (Å²) in [5.41, 5.74) is 2.05. The zero-order valence-corrected chi connectivity index (χ0v) is 17.2. The summed E-state index contributed by atoms with van der Waals surface area (Å²) in [6.07, 6.45) is 7.82. The number of aliphatic hydroxyl groups is 1. The van der Waals surface area contributed by atoms with Gasteiger partial charge >= 0.3 is 0 Å². The Morgan fingerprint density at radius 1 is 1.23 bits per heavy atom. The van der Waals surface area contributed by atoms with Crippen molar-refractivity contribution < 1.29 is 9.90 Å². The highest BCUT2D eigenvalue weighted by Gasteiger charge is 2.25. The summed E-state index contributed by atoms with van der Waals surface area (Å²) in [6, 6.07) is 3.72. The molecule has 0 saturated heterocycles. The molecule has 1 aliphatic rings. The van der Waals surface area contributed by atoms with Crippen LogP contribution in [0, 0.1) is 6.92 Å². The van der Waals surface area contributed by atoms with Gasteiger partial charge in [0.1, 0.15) is 11.5 Å². The Bertz CT molecular complexity index is 1150. The van der Waals surface area contributed by atoms with Gasteiger partial charge in [-0.05, 0) is 50.3 Å². The smallest absolute Gasteiger partial charge is 0.263 e. The molecule has 3 aromatic heterocycles. The van der Waals surface area contributed by atoms with E-state index in [9.17, 15) is 9.59 Å². The number of rotatable bonds is 6. The van der Waals surface area contributed by atoms with Gasteiger partial charge in [0.2, 0.25) is 5.95 Å². The van der Waals surface area contributed by atoms with Crippen LogP contribution in [-0.4, -0.2) is 37.0 Å². The van der Waals surface area contributed by atoms with E-state index in [-0.39, 0.29) is 29.6 Å². The molecule has 1 aliphatic carbocycles. The molecule has 1 saturated carbocycles. The van der Waals surface area contributed by atoms with E-state index >= 15 is 0 Å². The van der Waals surface area contributed by atoms with Gasteiger partial charge in [-0.15, -0.1) is 0 Å². The molecule has 0 aromatic carbocycles. The number of nitrogens with zero attached hydrogens (tertiary/aromatic N) is 4. The summed E-state index contributed by atoms with van der Waals surface area (Å²) < 4.78 is 1.69. The third kappa shape index (κ3) is 3.70. The summed E-state index contributed by atoms with van der Waals surface area (Å²) in [5.74, 6) is 0.675. The minimum Gasteiger partial charge on any atom is -0.396 e. The predicted molar refractivity (Wildman–Crippen MR) is 114 cm³/mol. The zero-order chi connectivity index (χ0) is 21.3. The molecule has 0 unspecified atom stereocenters. The van der Waals surface area contributed by atoms with Crippen molar-refractivity contribution in [3.8, 4) is 0 Å². The minimum atomic E-state index is -0.268. The number of aryl methyl sites for hydroxylation is 1. The number of Topliss-reactive ketones (excluding diaryl/α,β-unsaturated/α-hetero) is 1. The molecule has 156 valence electrons. The summed E-state index contributed by atoms with van der Waals surface area (Å²) in [6.45, 7) is 3.28. The minimum absolute atomic E-state index is 0.0392. The number of anilines is 2. The van der Waals surface area contributed by atoms with E-state index in [1.165, 1.54) is 6.92 Å². The number of pyridine rings is 2. The van der Waals surface area contributed by atoms with E-state index < -0.39 is 0 Å². The van der Waals surface area contributed by atoms with Crippen molar-refractivity contribution in [1.82, 2.24) is 19.5 Å². The molecule has 1 fully saturated rings. The lowest BCUT2D eigenvalue weighted by Gasteiger charge is -2.19. The normalized spacial score (nSPS) is 14.4. The van der Waals surface area contributed by atoms with Gasteiger partial charge in [0.05, 0.1) is 5.56 Å². The number of aromatic nitrogens is 4. The molecule has 0 bridgehead atoms. The predicted octanol–water partition coefficient (Wildman–Crippen LogP) is 3.09. The first kappa shape index (κ1) is 20.2. The third-order valence-electron chi connectivity index (χ3n) is 5.72. The summed E-state index contributed by atoms with van der Waals surface area (Å²) >= 11 is 0. The van der Waals surface area contributed by atoms with Crippen molar-refractivity contribution in [2.45, 2.75) is 52.0 Å². The van der Waals surface area contributed by atoms with Crippen LogP contribution in [0.15, 0.2) is 29.3 Å². The molecule has 0 radical (unpaired) electrons. The molecule has 4 rings (SSSR count). The van der Waals surface area contributed by atoms with E-state index in [4.69, 9.17) is 5.11 Å². The van der Waals surface area contributed by atoms with Crippen LogP contribution in [0.2, 0.25) is 0 Å². The molecular weight excluding hydrogens is 382 g/mol. The van der Waals surface area contributed by atoms with Crippen molar-refractivity contribution >= 4 is 28.6 Å². The van der Waals surface area contributed by atoms with E-state index in [0.717, 1.165) is 31.2 Å². The maximum Gasteiger partial charge on any atom is 0.263 e. The fraction of sp³-hybridized carbons (Fsp3) is 0.409. The lowest BCUT2D eigenvalue weighted by atomic mass is 10.0. The molecule has 2 N–H and O–H groups in total. The van der Waals surface area contributed by atoms with Crippen LogP contribution in [0.3, 0.4) is 0 Å². The molecule has 30 heavy (non-hydrogen) atoms. The molecule has 3 aromatic rings. The molecule has 0 spiro atoms. The second-order valence-corrected chi connectivity index (χ2v) is 7.75. The van der Waals surface area contributed by atoms with E-state index in [2.05, 4.69) is 20.3 Å². The monoisotopic (exact) mass is 407 g/mol. The Labute approximate surface area is 174 Å². The number of carbonyl (C=O) groups excluding carboxylic acids is 1. The number of fused-ring (bicyclic) bond motifs is 1. The number of nitrogens with one attached hydrogen (secondary N) is 1. The Balaban J connectivity index is 1.81. The molecule has 8 nitrogen and oxygen atoms in total. The van der Waals surface area contributed by atoms with Gasteiger partial charge < -0.3 is 10.4 Å². The van der Waals surface area contributed by atoms with Gasteiger partial charge in [0.15, 0.2) is 5.78 Å². The number of ketones is 1. The average molecular weight is 407 g/mol. The molecule has 0 atom stereocenters. The van der Waals surface area contributed by atoms with Crippen LogP contribution in [-0.2, 0) is 6.42 Å². The molecule has 0 amide bonds. The van der Waals surface area contributed by atoms with Crippen molar-refractivity contribution in [1.29, 1.82) is 0 Å². The van der Waals surface area contributed by atoms with Gasteiger partial charge in [0.25, 0.3) is 5.56 Å². The highest BCUT2D eigenvalue weighted by molar-refractivity contribution is 5.99. The standard InChI is InChI=1S/C22H25N5O3/c1-13-17-12-24-22(25-18-8-7-15(9-10-28)11-23-18)26-20(17)27(16-5-3-4-6-16)21(30)19(13)14(2)29/h7-8,11-12,16,28H,3-6,9-10H2,1-2H3,(H,23,24,25,26). The van der Waals surface area contributed by atoms with Crippen molar-refractivity contribution in [2.24, 2.45) is 0 Å². The van der Waals surface area contributed by atoms with Crippen LogP contribution in [0.1, 0.15) is 60.1 Å². The zero-order valence-electron chi connectivity index (χ0n) is 17.2. The molecular formula is C22H25N5O3. The quantitative estimate of drug-likeness (QED) is 0.604. The first-order valence-electron chi connectivity index (χ1n) is 10.2. The van der Waals surface area contributed by atoms with E-state index in [0.29, 0.717) is 34.8 Å². The lowest BCUT2D eigenvalue weighted by Crippen LogP contribution is -2.30. The molecule has 0 aliphatic heterocycles. The van der Waals surface area contributed by atoms with Crippen LogP contribution in [0.25, 0.3) is 11.0 Å². The SMILES string of the molecule is CC(=O)c1c(C)c2cnc(Nc3ccc(CCO)cn3)nc2n(C2CCCC2)c1=O. The molecule has 8 heteroatoms. The van der Waals surface area contributed by atoms with Crippen LogP contribution in [0.5, 0.6) is 0 Å². The van der Waals surface area contributed by atoms with Crippen LogP contribution in [0.4, 0.5) is 11.8 Å². The maximum atomic E-state index is 13.2. The highest BCUT2D eigenvalue weighted by Crippen LogP contribution is 2.32. The van der Waals surface area contributed by atoms with Crippen LogP contribution < -0.4 is 10.9 Å². The number of carbonyl (C=O) groups is 1. The van der Waals surface area contributed by atoms with Gasteiger partial charge in [0, 0.05) is 30.4 Å². The topological polar surface area (TPSA) is 110 Å². The Morgan fingerprint density at radius 3 is 2.63 bits per heavy atom. The maximum absolute atomic E-state index is 13.2. The highest BCUT2D eigenvalue weighted by atomic mass is 16.3. The molecule has 3 heterocycles. The van der Waals surface area contributed by atoms with Gasteiger partial charge in [-0.1, -0.05) is 18.9 Å². The second-order valence-electron chi connectivity index (χ2n) is 7.75. The Kier molecular flexibility index (Phi) is 5.59. The van der Waals surface area contributed by atoms with Gasteiger partial charge in [-0.3, -0.25) is 14.2 Å². The van der Waals surface area contributed by atoms with Gasteiger partial charge in [-0.2, -0.15) is 4.98 Å². The Morgan fingerprint density at radius 2 is 2.00 bits per heavy atom. The Hall–Kier alpha value is -3.13. The van der Waals surface area contributed by atoms with E-state index in [1.54, 1.807) is 30.0 Å². The van der Waals surface area contributed by atoms with Crippen molar-refractivity contribution in [2.75, 3.05) is 11.9 Å². The first-order chi connectivity index (χ1) is 14.5. The first-order valence-corrected chi connectivity index (χ1v) is 10.2. The van der Waals surface area contributed by atoms with Gasteiger partial charge in [-0.25, -0.2) is 9.97 Å².